The predicted molar refractivity (Wildman–Crippen MR) is 63.5 cm³/mol. The van der Waals surface area contributed by atoms with Crippen LogP contribution in [-0.4, -0.2) is 10.8 Å². The molecule has 0 N–H and O–H groups in total. The van der Waals surface area contributed by atoms with Crippen molar-refractivity contribution >= 4 is 5.78 Å². The second kappa shape index (κ2) is 4.71. The number of hydrogen-bond donors (Lipinski definition) is 0. The van der Waals surface area contributed by atoms with Gasteiger partial charge in [0.1, 0.15) is 0 Å². The molecule has 16 heavy (non-hydrogen) atoms. The summed E-state index contributed by atoms with van der Waals surface area (Å²) in [6.45, 7) is 1.99. The molecule has 0 bridgehead atoms. The van der Waals surface area contributed by atoms with Crippen LogP contribution in [0.5, 0.6) is 0 Å². The number of aromatic nitrogens is 1. The Labute approximate surface area is 95.0 Å². The third-order valence-electron chi connectivity index (χ3n) is 2.45. The summed E-state index contributed by atoms with van der Waals surface area (Å²) >= 11 is 0. The maximum Gasteiger partial charge on any atom is 0.167 e. The van der Waals surface area contributed by atoms with E-state index >= 15 is 0 Å². The number of aryl methyl sites for hydroxylation is 1. The molecule has 0 amide bonds. The fourth-order valence-electron chi connectivity index (χ4n) is 1.61. The average molecular weight is 211 g/mol. The summed E-state index contributed by atoms with van der Waals surface area (Å²) in [5.74, 6) is 0.148. The van der Waals surface area contributed by atoms with Gasteiger partial charge >= 0.3 is 0 Å². The summed E-state index contributed by atoms with van der Waals surface area (Å²) in [7, 11) is 0. The highest BCUT2D eigenvalue weighted by atomic mass is 16.1. The molecule has 2 rings (SSSR count). The zero-order chi connectivity index (χ0) is 11.4. The molecular weight excluding hydrogens is 198 g/mol. The van der Waals surface area contributed by atoms with Crippen molar-refractivity contribution < 1.29 is 4.79 Å². The van der Waals surface area contributed by atoms with E-state index in [-0.39, 0.29) is 5.78 Å². The smallest absolute Gasteiger partial charge is 0.167 e. The molecule has 1 heterocycles. The number of hydrogen-bond acceptors (Lipinski definition) is 2. The van der Waals surface area contributed by atoms with Crippen LogP contribution in [0, 0.1) is 6.92 Å². The van der Waals surface area contributed by atoms with E-state index in [1.807, 2.05) is 43.3 Å². The molecule has 0 spiro atoms. The largest absolute Gasteiger partial charge is 0.294 e. The summed E-state index contributed by atoms with van der Waals surface area (Å²) in [4.78, 5) is 15.9. The highest BCUT2D eigenvalue weighted by Crippen LogP contribution is 2.08. The van der Waals surface area contributed by atoms with E-state index in [4.69, 9.17) is 0 Å². The first-order valence-corrected chi connectivity index (χ1v) is 5.24. The molecule has 0 fully saturated rings. The van der Waals surface area contributed by atoms with Gasteiger partial charge < -0.3 is 0 Å². The highest BCUT2D eigenvalue weighted by molar-refractivity contribution is 5.97. The zero-order valence-electron chi connectivity index (χ0n) is 9.18. The van der Waals surface area contributed by atoms with E-state index in [1.165, 1.54) is 0 Å². The van der Waals surface area contributed by atoms with Crippen LogP contribution in [0.3, 0.4) is 0 Å². The number of rotatable bonds is 3. The van der Waals surface area contributed by atoms with E-state index in [0.717, 1.165) is 16.7 Å². The SMILES string of the molecule is Cc1cccc(C(=O)Cc2ccncc2)c1. The van der Waals surface area contributed by atoms with Crippen LogP contribution in [-0.2, 0) is 6.42 Å². The molecule has 0 unspecified atom stereocenters. The Morgan fingerprint density at radius 3 is 2.62 bits per heavy atom. The third kappa shape index (κ3) is 2.54. The Hall–Kier alpha value is -1.96. The summed E-state index contributed by atoms with van der Waals surface area (Å²) in [6.07, 6.45) is 3.85. The normalized spacial score (nSPS) is 10.1. The second-order valence-corrected chi connectivity index (χ2v) is 3.82. The number of pyridine rings is 1. The molecule has 2 nitrogen and oxygen atoms in total. The van der Waals surface area contributed by atoms with Gasteiger partial charge in [-0.25, -0.2) is 0 Å². The van der Waals surface area contributed by atoms with Gasteiger partial charge in [-0.05, 0) is 30.7 Å². The van der Waals surface area contributed by atoms with Crippen molar-refractivity contribution in [2.45, 2.75) is 13.3 Å². The summed E-state index contributed by atoms with van der Waals surface area (Å²) in [6, 6.07) is 11.4. The molecule has 0 saturated heterocycles. The molecule has 0 aliphatic heterocycles. The molecule has 1 aromatic heterocycles. The number of ketones is 1. The number of benzene rings is 1. The van der Waals surface area contributed by atoms with Gasteiger partial charge in [0.15, 0.2) is 5.78 Å². The van der Waals surface area contributed by atoms with E-state index < -0.39 is 0 Å². The maximum atomic E-state index is 11.9. The minimum Gasteiger partial charge on any atom is -0.294 e. The van der Waals surface area contributed by atoms with Gasteiger partial charge in [-0.2, -0.15) is 0 Å². The molecule has 0 aliphatic carbocycles. The Bertz CT molecular complexity index is 491. The number of nitrogens with zero attached hydrogens (tertiary/aromatic N) is 1. The van der Waals surface area contributed by atoms with Crippen molar-refractivity contribution in [1.82, 2.24) is 4.98 Å². The topological polar surface area (TPSA) is 30.0 Å². The second-order valence-electron chi connectivity index (χ2n) is 3.82. The molecule has 0 saturated carbocycles. The fourth-order valence-corrected chi connectivity index (χ4v) is 1.61. The van der Waals surface area contributed by atoms with E-state index in [2.05, 4.69) is 4.98 Å². The molecule has 0 atom stereocenters. The van der Waals surface area contributed by atoms with Gasteiger partial charge in [0.25, 0.3) is 0 Å². The van der Waals surface area contributed by atoms with E-state index in [1.54, 1.807) is 12.4 Å². The van der Waals surface area contributed by atoms with Crippen molar-refractivity contribution in [2.75, 3.05) is 0 Å². The number of carbonyl (C=O) groups excluding carboxylic acids is 1. The Balaban J connectivity index is 2.15. The number of carbonyl (C=O) groups is 1. The highest BCUT2D eigenvalue weighted by Gasteiger charge is 2.06. The van der Waals surface area contributed by atoms with Crippen LogP contribution < -0.4 is 0 Å². The molecule has 0 aliphatic rings. The molecular formula is C14H13NO. The average Bonchev–Trinajstić information content (AvgIpc) is 2.30. The van der Waals surface area contributed by atoms with Crippen LogP contribution >= 0.6 is 0 Å². The van der Waals surface area contributed by atoms with Gasteiger partial charge in [-0.3, -0.25) is 9.78 Å². The number of Topliss-reactive ketones (excluding diaryl/α,β-unsaturated/α-hetero) is 1. The monoisotopic (exact) mass is 211 g/mol. The summed E-state index contributed by atoms with van der Waals surface area (Å²) in [5.41, 5.74) is 2.89. The summed E-state index contributed by atoms with van der Waals surface area (Å²) < 4.78 is 0. The van der Waals surface area contributed by atoms with Gasteiger partial charge in [-0.1, -0.05) is 23.8 Å². The Morgan fingerprint density at radius 2 is 1.94 bits per heavy atom. The standard InChI is InChI=1S/C14H13NO/c1-11-3-2-4-13(9-11)14(16)10-12-5-7-15-8-6-12/h2-9H,10H2,1H3. The predicted octanol–water partition coefficient (Wildman–Crippen LogP) is 2.82. The fraction of sp³-hybridized carbons (Fsp3) is 0.143. The Kier molecular flexibility index (Phi) is 3.10. The van der Waals surface area contributed by atoms with Crippen molar-refractivity contribution in [2.24, 2.45) is 0 Å². The van der Waals surface area contributed by atoms with Crippen LogP contribution in [0.25, 0.3) is 0 Å². The van der Waals surface area contributed by atoms with Gasteiger partial charge in [0.05, 0.1) is 0 Å². The van der Waals surface area contributed by atoms with Gasteiger partial charge in [-0.15, -0.1) is 0 Å². The summed E-state index contributed by atoms with van der Waals surface area (Å²) in [5, 5.41) is 0. The minimum atomic E-state index is 0.148. The molecule has 80 valence electrons. The van der Waals surface area contributed by atoms with Crippen LogP contribution in [0.15, 0.2) is 48.8 Å². The van der Waals surface area contributed by atoms with Crippen LogP contribution in [0.2, 0.25) is 0 Å². The Morgan fingerprint density at radius 1 is 1.19 bits per heavy atom. The van der Waals surface area contributed by atoms with Crippen molar-refractivity contribution in [3.8, 4) is 0 Å². The van der Waals surface area contributed by atoms with Crippen LogP contribution in [0.4, 0.5) is 0 Å². The first kappa shape index (κ1) is 10.6. The lowest BCUT2D eigenvalue weighted by Gasteiger charge is -2.02. The minimum absolute atomic E-state index is 0.148. The lowest BCUT2D eigenvalue weighted by Crippen LogP contribution is -2.03. The van der Waals surface area contributed by atoms with Crippen molar-refractivity contribution in [3.63, 3.8) is 0 Å². The van der Waals surface area contributed by atoms with Crippen LogP contribution in [0.1, 0.15) is 21.5 Å². The van der Waals surface area contributed by atoms with E-state index in [9.17, 15) is 4.79 Å². The van der Waals surface area contributed by atoms with Crippen molar-refractivity contribution in [3.05, 3.63) is 65.5 Å². The first-order valence-electron chi connectivity index (χ1n) is 5.24. The molecule has 0 radical (unpaired) electrons. The molecule has 2 aromatic rings. The third-order valence-corrected chi connectivity index (χ3v) is 2.45. The molecule has 2 heteroatoms. The van der Waals surface area contributed by atoms with Crippen molar-refractivity contribution in [1.29, 1.82) is 0 Å². The zero-order valence-corrected chi connectivity index (χ0v) is 9.18. The lowest BCUT2D eigenvalue weighted by atomic mass is 10.0. The molecule has 1 aromatic carbocycles. The quantitative estimate of drug-likeness (QED) is 0.731. The van der Waals surface area contributed by atoms with E-state index in [0.29, 0.717) is 6.42 Å². The first-order chi connectivity index (χ1) is 7.75. The van der Waals surface area contributed by atoms with Gasteiger partial charge in [0, 0.05) is 24.4 Å². The van der Waals surface area contributed by atoms with Gasteiger partial charge in [0.2, 0.25) is 0 Å². The maximum absolute atomic E-state index is 11.9. The lowest BCUT2D eigenvalue weighted by molar-refractivity contribution is 0.0993.